The molecule has 1 heterocycles. The minimum Gasteiger partial charge on any atom is -0.368 e. The van der Waals surface area contributed by atoms with Crippen LogP contribution in [0.3, 0.4) is 0 Å². The van der Waals surface area contributed by atoms with Crippen LogP contribution in [0.25, 0.3) is 0 Å². The molecule has 3 N–H and O–H groups in total. The van der Waals surface area contributed by atoms with Crippen molar-refractivity contribution < 1.29 is 27.2 Å². The Bertz CT molecular complexity index is 1080. The quantitative estimate of drug-likeness (QED) is 0.521. The second kappa shape index (κ2) is 9.30. The number of carbonyl (C=O) groups excluding carboxylic acids is 2. The molecule has 5 nitrogen and oxygen atoms in total. The summed E-state index contributed by atoms with van der Waals surface area (Å²) in [5.41, 5.74) is 4.06. The van der Waals surface area contributed by atoms with Crippen molar-refractivity contribution in [2.24, 2.45) is 5.73 Å². The van der Waals surface area contributed by atoms with Crippen LogP contribution >= 0.6 is 15.9 Å². The Morgan fingerprint density at radius 2 is 1.85 bits per heavy atom. The number of alkyl halides is 3. The van der Waals surface area contributed by atoms with Crippen molar-refractivity contribution in [3.05, 3.63) is 69.4 Å². The maximum Gasteiger partial charge on any atom is 0.416 e. The summed E-state index contributed by atoms with van der Waals surface area (Å²) in [5.74, 6) is -2.23. The molecule has 2 atom stereocenters. The van der Waals surface area contributed by atoms with Gasteiger partial charge in [-0.05, 0) is 55.6 Å². The zero-order valence-electron chi connectivity index (χ0n) is 18.2. The van der Waals surface area contributed by atoms with Crippen LogP contribution in [0, 0.1) is 5.82 Å². The number of nitrogens with zero attached hydrogens (tertiary/aromatic N) is 1. The standard InChI is InChI=1S/C24H24BrF4N3O2/c25-16-4-1-14(2-5-16)11-20(21(30)33)32(17-7-10-31-13-17)22(34)23(8-9-23)18-6-3-15(12-19(18)26)24(27,28)29/h1-6,12,17,20,31H,7-11,13H2,(H2,30,33)/t17-,20-/m0/s1. The van der Waals surface area contributed by atoms with Crippen molar-refractivity contribution in [2.75, 3.05) is 13.1 Å². The van der Waals surface area contributed by atoms with Gasteiger partial charge < -0.3 is 16.0 Å². The zero-order valence-corrected chi connectivity index (χ0v) is 19.8. The molecular formula is C24H24BrF4N3O2. The van der Waals surface area contributed by atoms with Crippen LogP contribution < -0.4 is 11.1 Å². The Labute approximate surface area is 202 Å². The zero-order chi connectivity index (χ0) is 24.7. The van der Waals surface area contributed by atoms with E-state index >= 15 is 0 Å². The van der Waals surface area contributed by atoms with E-state index in [1.165, 1.54) is 4.90 Å². The van der Waals surface area contributed by atoms with E-state index in [4.69, 9.17) is 5.73 Å². The van der Waals surface area contributed by atoms with Crippen molar-refractivity contribution in [2.45, 2.75) is 49.4 Å². The summed E-state index contributed by atoms with van der Waals surface area (Å²) in [6, 6.07) is 8.22. The number of hydrogen-bond acceptors (Lipinski definition) is 3. The summed E-state index contributed by atoms with van der Waals surface area (Å²) < 4.78 is 54.8. The van der Waals surface area contributed by atoms with E-state index in [0.717, 1.165) is 22.2 Å². The van der Waals surface area contributed by atoms with Crippen LogP contribution in [-0.4, -0.2) is 41.9 Å². The van der Waals surface area contributed by atoms with Gasteiger partial charge in [0.05, 0.1) is 11.0 Å². The van der Waals surface area contributed by atoms with Crippen LogP contribution in [0.1, 0.15) is 36.0 Å². The third kappa shape index (κ3) is 4.84. The lowest BCUT2D eigenvalue weighted by Crippen LogP contribution is -2.57. The first kappa shape index (κ1) is 24.7. The fourth-order valence-corrected chi connectivity index (χ4v) is 4.93. The highest BCUT2D eigenvalue weighted by molar-refractivity contribution is 9.10. The van der Waals surface area contributed by atoms with Gasteiger partial charge in [0.25, 0.3) is 0 Å². The number of carbonyl (C=O) groups is 2. The number of nitrogens with two attached hydrogens (primary N) is 1. The highest BCUT2D eigenvalue weighted by Gasteiger charge is 2.57. The lowest BCUT2D eigenvalue weighted by molar-refractivity contribution is -0.144. The van der Waals surface area contributed by atoms with Gasteiger partial charge in [0.1, 0.15) is 11.9 Å². The smallest absolute Gasteiger partial charge is 0.368 e. The maximum atomic E-state index is 14.9. The number of benzene rings is 2. The number of halogens is 5. The minimum atomic E-state index is -4.69. The van der Waals surface area contributed by atoms with Crippen molar-refractivity contribution in [3.63, 3.8) is 0 Å². The molecule has 0 spiro atoms. The van der Waals surface area contributed by atoms with Gasteiger partial charge in [-0.1, -0.05) is 34.1 Å². The third-order valence-corrected chi connectivity index (χ3v) is 7.17. The molecule has 34 heavy (non-hydrogen) atoms. The Kier molecular flexibility index (Phi) is 6.74. The summed E-state index contributed by atoms with van der Waals surface area (Å²) in [6.45, 7) is 1.08. The molecule has 2 aromatic rings. The van der Waals surface area contributed by atoms with E-state index in [1.807, 2.05) is 24.3 Å². The molecule has 1 aliphatic carbocycles. The van der Waals surface area contributed by atoms with Crippen molar-refractivity contribution in [1.82, 2.24) is 10.2 Å². The molecule has 0 unspecified atom stereocenters. The van der Waals surface area contributed by atoms with Gasteiger partial charge in [0, 0.05) is 29.0 Å². The number of amides is 2. The molecule has 2 aromatic carbocycles. The van der Waals surface area contributed by atoms with Crippen molar-refractivity contribution in [3.8, 4) is 0 Å². The summed E-state index contributed by atoms with van der Waals surface area (Å²) in [6.07, 6.45) is -3.36. The molecule has 2 fully saturated rings. The average Bonchev–Trinajstić information content (AvgIpc) is 3.40. The maximum absolute atomic E-state index is 14.9. The molecule has 2 amide bonds. The minimum absolute atomic E-state index is 0.0756. The highest BCUT2D eigenvalue weighted by atomic mass is 79.9. The van der Waals surface area contributed by atoms with Crippen LogP contribution in [0.5, 0.6) is 0 Å². The molecule has 0 bridgehead atoms. The Morgan fingerprint density at radius 3 is 2.35 bits per heavy atom. The largest absolute Gasteiger partial charge is 0.416 e. The predicted molar refractivity (Wildman–Crippen MR) is 121 cm³/mol. The summed E-state index contributed by atoms with van der Waals surface area (Å²) in [4.78, 5) is 28.0. The molecule has 182 valence electrons. The first-order chi connectivity index (χ1) is 16.0. The molecule has 0 radical (unpaired) electrons. The topological polar surface area (TPSA) is 75.4 Å². The van der Waals surface area contributed by atoms with E-state index in [0.29, 0.717) is 25.6 Å². The fraction of sp³-hybridized carbons (Fsp3) is 0.417. The SMILES string of the molecule is NC(=O)[C@H](Cc1ccc(Br)cc1)N(C(=O)C1(c2ccc(C(F)(F)F)cc2F)CC1)[C@H]1CCNC1. The summed E-state index contributed by atoms with van der Waals surface area (Å²) in [7, 11) is 0. The number of hydrogen-bond donors (Lipinski definition) is 2. The first-order valence-electron chi connectivity index (χ1n) is 11.0. The molecule has 2 aliphatic rings. The van der Waals surface area contributed by atoms with Crippen molar-refractivity contribution >= 4 is 27.7 Å². The normalized spacial score (nSPS) is 20.1. The van der Waals surface area contributed by atoms with E-state index in [1.54, 1.807) is 0 Å². The molecular weight excluding hydrogens is 518 g/mol. The third-order valence-electron chi connectivity index (χ3n) is 6.64. The van der Waals surface area contributed by atoms with Gasteiger partial charge in [-0.15, -0.1) is 0 Å². The number of nitrogens with one attached hydrogen (secondary N) is 1. The molecule has 1 saturated heterocycles. The summed E-state index contributed by atoms with van der Waals surface area (Å²) >= 11 is 3.36. The fourth-order valence-electron chi connectivity index (χ4n) is 4.67. The van der Waals surface area contributed by atoms with Crippen LogP contribution in [0.15, 0.2) is 46.9 Å². The first-order valence-corrected chi connectivity index (χ1v) is 11.8. The highest BCUT2D eigenvalue weighted by Crippen LogP contribution is 2.51. The Balaban J connectivity index is 1.70. The number of rotatable bonds is 7. The van der Waals surface area contributed by atoms with Crippen molar-refractivity contribution in [1.29, 1.82) is 0 Å². The van der Waals surface area contributed by atoms with Crippen LogP contribution in [0.2, 0.25) is 0 Å². The monoisotopic (exact) mass is 541 g/mol. The van der Waals surface area contributed by atoms with E-state index in [9.17, 15) is 27.2 Å². The predicted octanol–water partition coefficient (Wildman–Crippen LogP) is 3.93. The lowest BCUT2D eigenvalue weighted by atomic mass is 9.90. The Hall–Kier alpha value is -2.46. The molecule has 10 heteroatoms. The van der Waals surface area contributed by atoms with Gasteiger partial charge in [-0.25, -0.2) is 4.39 Å². The van der Waals surface area contributed by atoms with Gasteiger partial charge in [0.2, 0.25) is 11.8 Å². The van der Waals surface area contributed by atoms with Gasteiger partial charge in [-0.3, -0.25) is 9.59 Å². The van der Waals surface area contributed by atoms with E-state index in [2.05, 4.69) is 21.2 Å². The second-order valence-corrected chi connectivity index (χ2v) is 9.80. The average molecular weight is 542 g/mol. The second-order valence-electron chi connectivity index (χ2n) is 8.88. The molecule has 1 saturated carbocycles. The Morgan fingerprint density at radius 1 is 1.18 bits per heavy atom. The summed E-state index contributed by atoms with van der Waals surface area (Å²) in [5, 5.41) is 3.17. The molecule has 0 aromatic heterocycles. The van der Waals surface area contributed by atoms with Gasteiger partial charge in [-0.2, -0.15) is 13.2 Å². The molecule has 1 aliphatic heterocycles. The van der Waals surface area contributed by atoms with Gasteiger partial charge >= 0.3 is 6.18 Å². The lowest BCUT2D eigenvalue weighted by Gasteiger charge is -2.37. The van der Waals surface area contributed by atoms with Gasteiger partial charge in [0.15, 0.2) is 0 Å². The number of primary amides is 1. The van der Waals surface area contributed by atoms with E-state index in [-0.39, 0.29) is 30.9 Å². The van der Waals surface area contributed by atoms with E-state index < -0.39 is 40.8 Å². The van der Waals surface area contributed by atoms with Crippen LogP contribution in [-0.2, 0) is 27.6 Å². The van der Waals surface area contributed by atoms with Crippen LogP contribution in [0.4, 0.5) is 17.6 Å². The molecule has 4 rings (SSSR count).